The molecule has 1 N–H and O–H groups in total. The second-order valence-corrected chi connectivity index (χ2v) is 11.7. The van der Waals surface area contributed by atoms with Gasteiger partial charge in [-0.05, 0) is 83.1 Å². The molecule has 242 valence electrons. The van der Waals surface area contributed by atoms with Crippen LogP contribution in [-0.2, 0) is 14.3 Å². The van der Waals surface area contributed by atoms with Crippen LogP contribution in [0.3, 0.4) is 0 Å². The first-order valence-electron chi connectivity index (χ1n) is 17.6. The van der Waals surface area contributed by atoms with Crippen molar-refractivity contribution in [1.29, 1.82) is 0 Å². The van der Waals surface area contributed by atoms with E-state index < -0.39 is 5.97 Å². The molecule has 0 amide bonds. The molecule has 0 aliphatic rings. The summed E-state index contributed by atoms with van der Waals surface area (Å²) < 4.78 is 5.83. The third-order valence-corrected chi connectivity index (χ3v) is 7.51. The lowest BCUT2D eigenvalue weighted by Crippen LogP contribution is -2.16. The summed E-state index contributed by atoms with van der Waals surface area (Å²) in [5.41, 5.74) is 0. The van der Waals surface area contributed by atoms with Gasteiger partial charge in [-0.15, -0.1) is 0 Å². The van der Waals surface area contributed by atoms with Gasteiger partial charge in [0.1, 0.15) is 6.10 Å². The van der Waals surface area contributed by atoms with Crippen LogP contribution in [0.25, 0.3) is 0 Å². The fourth-order valence-corrected chi connectivity index (χ4v) is 4.87. The number of hydrogen-bond donors (Lipinski definition) is 1. The number of carbonyl (C=O) groups is 2. The molecule has 0 fully saturated rings. The lowest BCUT2D eigenvalue weighted by atomic mass is 10.1. The summed E-state index contributed by atoms with van der Waals surface area (Å²) in [5, 5.41) is 8.80. The van der Waals surface area contributed by atoms with Crippen LogP contribution in [0.1, 0.15) is 174 Å². The number of unbranched alkanes of at least 4 members (excludes halogenated alkanes) is 16. The Balaban J connectivity index is 4.11. The average molecular weight is 587 g/mol. The molecule has 0 saturated heterocycles. The largest absolute Gasteiger partial charge is 0.481 e. The number of hydrogen-bond acceptors (Lipinski definition) is 3. The molecule has 0 spiro atoms. The van der Waals surface area contributed by atoms with Crippen LogP contribution >= 0.6 is 0 Å². The van der Waals surface area contributed by atoms with Crippen molar-refractivity contribution in [3.63, 3.8) is 0 Å². The molecule has 0 radical (unpaired) electrons. The summed E-state index contributed by atoms with van der Waals surface area (Å²) >= 11 is 0. The molecule has 0 bridgehead atoms. The number of allylic oxidation sites excluding steroid dienone is 7. The van der Waals surface area contributed by atoms with Crippen molar-refractivity contribution in [2.45, 2.75) is 180 Å². The summed E-state index contributed by atoms with van der Waals surface area (Å²) in [6, 6.07) is 0. The van der Waals surface area contributed by atoms with Crippen molar-refractivity contribution in [3.8, 4) is 0 Å². The Bertz CT molecular complexity index is 719. The van der Waals surface area contributed by atoms with Gasteiger partial charge >= 0.3 is 11.9 Å². The molecule has 0 aromatic heterocycles. The normalized spacial score (nSPS) is 12.8. The molecule has 0 saturated carbocycles. The highest BCUT2D eigenvalue weighted by atomic mass is 16.5. The lowest BCUT2D eigenvalue weighted by Gasteiger charge is -2.14. The number of carbonyl (C=O) groups excluding carboxylic acids is 1. The molecule has 1 unspecified atom stereocenters. The van der Waals surface area contributed by atoms with Gasteiger partial charge in [-0.1, -0.05) is 127 Å². The Morgan fingerprint density at radius 1 is 0.548 bits per heavy atom. The molecular weight excluding hydrogens is 520 g/mol. The smallest absolute Gasteiger partial charge is 0.306 e. The quantitative estimate of drug-likeness (QED) is 0.0498. The van der Waals surface area contributed by atoms with E-state index in [2.05, 4.69) is 56.4 Å². The number of aliphatic carboxylic acids is 1. The van der Waals surface area contributed by atoms with E-state index in [1.54, 1.807) is 0 Å². The third-order valence-electron chi connectivity index (χ3n) is 7.51. The van der Waals surface area contributed by atoms with Crippen LogP contribution in [0, 0.1) is 0 Å². The number of ether oxygens (including phenoxy) is 1. The Morgan fingerprint density at radius 2 is 1.00 bits per heavy atom. The standard InChI is InChI=1S/C38H66O4/c1-3-5-7-9-11-13-14-15-16-17-18-19-21-23-25-31-35-38(41)42-36(33-29-26-27-30-34-37(39)40)32-28-24-22-20-12-10-8-6-4-2/h13-14,16-17,20,22,28,32,36H,3-12,15,18-19,21,23-27,29-31,33-35H2,1-2H3,(H,39,40)/b14-13-,17-16-,22-20-,32-28-. The molecule has 0 rings (SSSR count). The highest BCUT2D eigenvalue weighted by molar-refractivity contribution is 5.69. The monoisotopic (exact) mass is 586 g/mol. The van der Waals surface area contributed by atoms with Crippen molar-refractivity contribution >= 4 is 11.9 Å². The van der Waals surface area contributed by atoms with Gasteiger partial charge in [0.05, 0.1) is 0 Å². The zero-order valence-corrected chi connectivity index (χ0v) is 27.5. The Labute approximate surface area is 260 Å². The average Bonchev–Trinajstić information content (AvgIpc) is 2.97. The van der Waals surface area contributed by atoms with Crippen molar-refractivity contribution in [2.75, 3.05) is 0 Å². The second kappa shape index (κ2) is 33.4. The van der Waals surface area contributed by atoms with Crippen molar-refractivity contribution in [3.05, 3.63) is 48.6 Å². The summed E-state index contributed by atoms with van der Waals surface area (Å²) in [6.45, 7) is 4.49. The van der Waals surface area contributed by atoms with E-state index in [0.717, 1.165) is 64.2 Å². The molecular formula is C38H66O4. The predicted octanol–water partition coefficient (Wildman–Crippen LogP) is 12.0. The maximum Gasteiger partial charge on any atom is 0.306 e. The van der Waals surface area contributed by atoms with Gasteiger partial charge in [0.15, 0.2) is 0 Å². The molecule has 0 heterocycles. The van der Waals surface area contributed by atoms with E-state index in [9.17, 15) is 9.59 Å². The second-order valence-electron chi connectivity index (χ2n) is 11.7. The van der Waals surface area contributed by atoms with Crippen LogP contribution in [0.15, 0.2) is 48.6 Å². The SMILES string of the molecule is CCCCCC/C=C\C/C=C\CCCCCCCC(=O)OC(/C=C\C/C=C\CCCCCC)CCCCCCC(=O)O. The Hall–Kier alpha value is -2.10. The molecule has 0 aromatic carbocycles. The van der Waals surface area contributed by atoms with E-state index in [-0.39, 0.29) is 18.5 Å². The van der Waals surface area contributed by atoms with E-state index in [1.165, 1.54) is 77.0 Å². The first-order chi connectivity index (χ1) is 20.6. The van der Waals surface area contributed by atoms with Gasteiger partial charge in [-0.3, -0.25) is 9.59 Å². The van der Waals surface area contributed by atoms with Gasteiger partial charge in [0.25, 0.3) is 0 Å². The molecule has 4 nitrogen and oxygen atoms in total. The summed E-state index contributed by atoms with van der Waals surface area (Å²) in [7, 11) is 0. The summed E-state index contributed by atoms with van der Waals surface area (Å²) in [5.74, 6) is -0.824. The highest BCUT2D eigenvalue weighted by Gasteiger charge is 2.11. The number of esters is 1. The fraction of sp³-hybridized carbons (Fsp3) is 0.737. The van der Waals surface area contributed by atoms with Gasteiger partial charge < -0.3 is 9.84 Å². The minimum absolute atomic E-state index is 0.0941. The van der Waals surface area contributed by atoms with Crippen LogP contribution < -0.4 is 0 Å². The highest BCUT2D eigenvalue weighted by Crippen LogP contribution is 2.14. The molecule has 1 atom stereocenters. The van der Waals surface area contributed by atoms with E-state index in [4.69, 9.17) is 9.84 Å². The first-order valence-corrected chi connectivity index (χ1v) is 17.6. The Kier molecular flexibility index (Phi) is 31.7. The molecule has 4 heteroatoms. The fourth-order valence-electron chi connectivity index (χ4n) is 4.87. The minimum Gasteiger partial charge on any atom is -0.481 e. The Morgan fingerprint density at radius 3 is 1.55 bits per heavy atom. The number of rotatable bonds is 31. The maximum atomic E-state index is 12.5. The van der Waals surface area contributed by atoms with E-state index in [0.29, 0.717) is 12.8 Å². The molecule has 0 aliphatic heterocycles. The molecule has 0 aromatic rings. The maximum absolute atomic E-state index is 12.5. The van der Waals surface area contributed by atoms with Crippen molar-refractivity contribution in [1.82, 2.24) is 0 Å². The lowest BCUT2D eigenvalue weighted by molar-refractivity contribution is -0.147. The van der Waals surface area contributed by atoms with Crippen LogP contribution in [-0.4, -0.2) is 23.1 Å². The topological polar surface area (TPSA) is 63.6 Å². The van der Waals surface area contributed by atoms with Gasteiger partial charge in [0, 0.05) is 12.8 Å². The zero-order chi connectivity index (χ0) is 30.8. The summed E-state index contributed by atoms with van der Waals surface area (Å²) in [6.07, 6.45) is 44.1. The van der Waals surface area contributed by atoms with Gasteiger partial charge in [-0.2, -0.15) is 0 Å². The third kappa shape index (κ3) is 32.4. The van der Waals surface area contributed by atoms with E-state index >= 15 is 0 Å². The number of carboxylic acids is 1. The minimum atomic E-state index is -0.730. The molecule has 42 heavy (non-hydrogen) atoms. The summed E-state index contributed by atoms with van der Waals surface area (Å²) in [4.78, 5) is 23.2. The van der Waals surface area contributed by atoms with Crippen LogP contribution in [0.2, 0.25) is 0 Å². The van der Waals surface area contributed by atoms with Gasteiger partial charge in [0.2, 0.25) is 0 Å². The van der Waals surface area contributed by atoms with Crippen LogP contribution in [0.4, 0.5) is 0 Å². The van der Waals surface area contributed by atoms with E-state index in [1.807, 2.05) is 6.08 Å². The number of carboxylic acid groups (broad SMARTS) is 1. The van der Waals surface area contributed by atoms with Crippen molar-refractivity contribution in [2.24, 2.45) is 0 Å². The zero-order valence-electron chi connectivity index (χ0n) is 27.5. The first kappa shape index (κ1) is 39.9. The van der Waals surface area contributed by atoms with Crippen LogP contribution in [0.5, 0.6) is 0 Å². The predicted molar refractivity (Wildman–Crippen MR) is 181 cm³/mol. The molecule has 0 aliphatic carbocycles. The van der Waals surface area contributed by atoms with Crippen molar-refractivity contribution < 1.29 is 19.4 Å². The van der Waals surface area contributed by atoms with Gasteiger partial charge in [-0.25, -0.2) is 0 Å².